The van der Waals surface area contributed by atoms with E-state index in [9.17, 15) is 34.2 Å². The molecule has 3 aliphatic carbocycles. The van der Waals surface area contributed by atoms with E-state index in [2.05, 4.69) is 5.32 Å². The number of carbonyl (C=O) groups is 5. The molecule has 0 heterocycles. The van der Waals surface area contributed by atoms with Gasteiger partial charge < -0.3 is 21.3 Å². The normalized spacial score (nSPS) is 27.0. The number of fused-ring (bicyclic) bond motifs is 3. The van der Waals surface area contributed by atoms with Gasteiger partial charge in [-0.05, 0) is 91.8 Å². The molecule has 2 fully saturated rings. The van der Waals surface area contributed by atoms with Crippen LogP contribution in [0.2, 0.25) is 5.02 Å². The van der Waals surface area contributed by atoms with E-state index in [1.165, 1.54) is 16.5 Å². The fourth-order valence-electron chi connectivity index (χ4n) is 7.79. The third kappa shape index (κ3) is 5.49. The molecule has 3 aromatic rings. The first-order valence-corrected chi connectivity index (χ1v) is 16.0. The number of nitrogens with one attached hydrogen (secondary N) is 1. The summed E-state index contributed by atoms with van der Waals surface area (Å²) in [5, 5.41) is 26.7. The number of nitrogens with two attached hydrogens (primary N) is 1. The van der Waals surface area contributed by atoms with Crippen LogP contribution in [0.25, 0.3) is 11.1 Å². The van der Waals surface area contributed by atoms with E-state index in [0.29, 0.717) is 22.7 Å². The molecular formula is C36H36ClN3O7. The highest BCUT2D eigenvalue weighted by molar-refractivity contribution is 6.32. The topological polar surface area (TPSA) is 167 Å². The Morgan fingerprint density at radius 2 is 1.64 bits per heavy atom. The van der Waals surface area contributed by atoms with Crippen LogP contribution in [0.5, 0.6) is 5.75 Å². The van der Waals surface area contributed by atoms with Crippen molar-refractivity contribution < 1.29 is 34.2 Å². The molecule has 0 radical (unpaired) electrons. The average molecular weight is 658 g/mol. The van der Waals surface area contributed by atoms with E-state index in [0.717, 1.165) is 24.1 Å². The molecule has 47 heavy (non-hydrogen) atoms. The summed E-state index contributed by atoms with van der Waals surface area (Å²) in [4.78, 5) is 68.5. The van der Waals surface area contributed by atoms with Crippen LogP contribution in [-0.2, 0) is 38.6 Å². The van der Waals surface area contributed by atoms with E-state index in [1.54, 1.807) is 20.2 Å². The average Bonchev–Trinajstić information content (AvgIpc) is 3.02. The van der Waals surface area contributed by atoms with Gasteiger partial charge in [-0.2, -0.15) is 0 Å². The van der Waals surface area contributed by atoms with Crippen molar-refractivity contribution in [2.75, 3.05) is 20.6 Å². The van der Waals surface area contributed by atoms with Crippen molar-refractivity contribution in [3.05, 3.63) is 87.9 Å². The molecule has 0 aliphatic heterocycles. The molecule has 1 amide bonds. The van der Waals surface area contributed by atoms with E-state index in [-0.39, 0.29) is 24.2 Å². The Kier molecular flexibility index (Phi) is 8.65. The predicted octanol–water partition coefficient (Wildman–Crippen LogP) is 2.52. The summed E-state index contributed by atoms with van der Waals surface area (Å²) in [5.74, 6) is -10.6. The number of nitrogens with zero attached hydrogens (tertiary/aromatic N) is 1. The Balaban J connectivity index is 1.27. The molecule has 0 bridgehead atoms. The summed E-state index contributed by atoms with van der Waals surface area (Å²) in [6.45, 7) is 1.43. The first-order valence-electron chi connectivity index (χ1n) is 15.6. The zero-order valence-electron chi connectivity index (χ0n) is 26.0. The molecule has 3 aromatic carbocycles. The third-order valence-corrected chi connectivity index (χ3v) is 10.3. The smallest absolute Gasteiger partial charge is 0.235 e. The fraction of sp³-hybridized carbons (Fsp3) is 0.361. The molecule has 11 heteroatoms. The van der Waals surface area contributed by atoms with Crippen molar-refractivity contribution in [2.45, 2.75) is 37.5 Å². The molecule has 0 spiro atoms. The number of phenolic OH excluding ortho intramolecular Hbond substituents is 1. The van der Waals surface area contributed by atoms with E-state index in [4.69, 9.17) is 17.3 Å². The number of Topliss-reactive ketones (excluding diaryl/α,β-unsaturated/α-hetero) is 4. The van der Waals surface area contributed by atoms with Crippen molar-refractivity contribution in [1.29, 1.82) is 0 Å². The van der Waals surface area contributed by atoms with Crippen LogP contribution in [0, 0.1) is 23.7 Å². The van der Waals surface area contributed by atoms with Crippen LogP contribution in [0.15, 0.2) is 60.7 Å². The van der Waals surface area contributed by atoms with Crippen LogP contribution in [-0.4, -0.2) is 76.4 Å². The number of hydrogen-bond acceptors (Lipinski definition) is 9. The molecule has 6 rings (SSSR count). The maximum atomic E-state index is 14.0. The van der Waals surface area contributed by atoms with Gasteiger partial charge in [-0.1, -0.05) is 54.1 Å². The second-order valence-electron chi connectivity index (χ2n) is 13.0. The monoisotopic (exact) mass is 657 g/mol. The van der Waals surface area contributed by atoms with Gasteiger partial charge in [-0.25, -0.2) is 0 Å². The number of amides is 1. The lowest BCUT2D eigenvalue weighted by atomic mass is 9.52. The van der Waals surface area contributed by atoms with Crippen molar-refractivity contribution in [3.63, 3.8) is 0 Å². The maximum absolute atomic E-state index is 14.0. The van der Waals surface area contributed by atoms with Crippen LogP contribution < -0.4 is 11.1 Å². The van der Waals surface area contributed by atoms with Gasteiger partial charge in [0, 0.05) is 17.5 Å². The number of carbonyl (C=O) groups excluding carboxylic acids is 5. The molecule has 244 valence electrons. The summed E-state index contributed by atoms with van der Waals surface area (Å²) in [5.41, 5.74) is 6.95. The third-order valence-electron chi connectivity index (χ3n) is 10.0. The summed E-state index contributed by atoms with van der Waals surface area (Å²) in [6, 6.07) is 17.6. The molecule has 3 aliphatic rings. The lowest BCUT2D eigenvalue weighted by Crippen LogP contribution is -2.74. The highest BCUT2D eigenvalue weighted by atomic mass is 35.5. The molecule has 0 saturated heterocycles. The Labute approximate surface area is 276 Å². The van der Waals surface area contributed by atoms with Gasteiger partial charge in [0.15, 0.2) is 34.7 Å². The zero-order valence-corrected chi connectivity index (χ0v) is 26.8. The highest BCUT2D eigenvalue weighted by Gasteiger charge is 2.69. The first kappa shape index (κ1) is 32.7. The zero-order chi connectivity index (χ0) is 33.8. The molecule has 2 saturated carbocycles. The minimum Gasteiger partial charge on any atom is -0.507 e. The number of ketones is 4. The molecule has 2 unspecified atom stereocenters. The number of aromatic hydroxyl groups is 1. The largest absolute Gasteiger partial charge is 0.507 e. The van der Waals surface area contributed by atoms with E-state index >= 15 is 0 Å². The Morgan fingerprint density at radius 1 is 0.979 bits per heavy atom. The molecule has 0 aromatic heterocycles. The number of rotatable bonds is 8. The second kappa shape index (κ2) is 12.4. The minimum absolute atomic E-state index is 0.000378. The SMILES string of the molecule is CN(C)[C@@H]1C(=O)C(C(N)=O)C(=O)[C@@]2(O)C(=O)C3C(=O)c4c(O)ccc(-c5ccc(CNCCc6ccc(Cl)cc6)cc5)c4C[C@H]3C[C@@H]12. The summed E-state index contributed by atoms with van der Waals surface area (Å²) in [6.07, 6.45) is 1.05. The van der Waals surface area contributed by atoms with Crippen molar-refractivity contribution in [2.24, 2.45) is 29.4 Å². The van der Waals surface area contributed by atoms with Crippen LogP contribution in [0.3, 0.4) is 0 Å². The number of aliphatic hydroxyl groups is 1. The minimum atomic E-state index is -2.75. The number of hydrogen-bond donors (Lipinski definition) is 4. The highest BCUT2D eigenvalue weighted by Crippen LogP contribution is 2.51. The van der Waals surface area contributed by atoms with Crippen molar-refractivity contribution in [1.82, 2.24) is 10.2 Å². The standard InChI is InChI=1S/C36H36ClN3O7/c1-40(2)30-25-16-21-15-24-23(20-7-3-19(4-8-20)17-39-14-13-18-5-9-22(37)10-6-18)11-12-26(41)28(24)31(42)27(21)33(44)36(25,47)34(45)29(32(30)43)35(38)46/h3-12,21,25,27,29-30,39,41,47H,13-17H2,1-2H3,(H2,38,46)/t21-,25-,27?,29?,30-,36-/m0/s1. The quantitative estimate of drug-likeness (QED) is 0.210. The fourth-order valence-corrected chi connectivity index (χ4v) is 7.92. The number of primary amides is 1. The number of benzene rings is 3. The lowest BCUT2D eigenvalue weighted by molar-refractivity contribution is -0.181. The predicted molar refractivity (Wildman–Crippen MR) is 174 cm³/mol. The van der Waals surface area contributed by atoms with Gasteiger partial charge >= 0.3 is 0 Å². The van der Waals surface area contributed by atoms with E-state index in [1.807, 2.05) is 48.5 Å². The molecule has 10 nitrogen and oxygen atoms in total. The number of phenols is 1. The van der Waals surface area contributed by atoms with Crippen molar-refractivity contribution >= 4 is 40.6 Å². The van der Waals surface area contributed by atoms with Gasteiger partial charge in [0.25, 0.3) is 0 Å². The van der Waals surface area contributed by atoms with Crippen LogP contribution >= 0.6 is 11.6 Å². The Bertz CT molecular complexity index is 1790. The molecule has 5 N–H and O–H groups in total. The van der Waals surface area contributed by atoms with E-state index < -0.39 is 64.4 Å². The van der Waals surface area contributed by atoms with Gasteiger partial charge in [0.2, 0.25) is 5.91 Å². The molecule has 6 atom stereocenters. The van der Waals surface area contributed by atoms with Gasteiger partial charge in [0.1, 0.15) is 5.75 Å². The Morgan fingerprint density at radius 3 is 2.28 bits per heavy atom. The summed E-state index contributed by atoms with van der Waals surface area (Å²) in [7, 11) is 3.12. The number of halogens is 1. The maximum Gasteiger partial charge on any atom is 0.235 e. The van der Waals surface area contributed by atoms with Crippen LogP contribution in [0.1, 0.15) is 33.5 Å². The Hall–Kier alpha value is -4.22. The molecular weight excluding hydrogens is 622 g/mol. The van der Waals surface area contributed by atoms with Crippen LogP contribution in [0.4, 0.5) is 0 Å². The van der Waals surface area contributed by atoms with Gasteiger partial charge in [-0.3, -0.25) is 28.9 Å². The van der Waals surface area contributed by atoms with Gasteiger partial charge in [0.05, 0.1) is 17.5 Å². The summed E-state index contributed by atoms with van der Waals surface area (Å²) >= 11 is 5.96. The summed E-state index contributed by atoms with van der Waals surface area (Å²) < 4.78 is 0. The number of likely N-dealkylation sites (N-methyl/N-ethyl adjacent to an activating group) is 1. The second-order valence-corrected chi connectivity index (χ2v) is 13.5. The lowest BCUT2D eigenvalue weighted by Gasteiger charge is -2.52. The van der Waals surface area contributed by atoms with Gasteiger partial charge in [-0.15, -0.1) is 0 Å². The first-order chi connectivity index (χ1) is 22.3. The van der Waals surface area contributed by atoms with Crippen molar-refractivity contribution in [3.8, 4) is 16.9 Å².